The molecule has 18 heteroatoms. The van der Waals surface area contributed by atoms with E-state index >= 15 is 0 Å². The average molecular weight is 958 g/mol. The van der Waals surface area contributed by atoms with Crippen LogP contribution in [-0.2, 0) is 13.0 Å². The van der Waals surface area contributed by atoms with Crippen LogP contribution < -0.4 is 21.3 Å². The lowest BCUT2D eigenvalue weighted by atomic mass is 9.85. The Balaban J connectivity index is 0.000000128. The van der Waals surface area contributed by atoms with Crippen molar-refractivity contribution in [1.82, 2.24) is 64.8 Å². The zero-order valence-electron chi connectivity index (χ0n) is 41.6. The summed E-state index contributed by atoms with van der Waals surface area (Å²) in [6.07, 6.45) is 19.7. The van der Waals surface area contributed by atoms with Crippen molar-refractivity contribution >= 4 is 67.5 Å². The van der Waals surface area contributed by atoms with Crippen molar-refractivity contribution in [2.45, 2.75) is 111 Å². The van der Waals surface area contributed by atoms with Crippen molar-refractivity contribution in [2.24, 2.45) is 0 Å². The zero-order valence-corrected chi connectivity index (χ0v) is 41.6. The summed E-state index contributed by atoms with van der Waals surface area (Å²) < 4.78 is 5.31. The number of hydrogen-bond donors (Lipinski definition) is 8. The van der Waals surface area contributed by atoms with E-state index in [0.29, 0.717) is 12.5 Å². The van der Waals surface area contributed by atoms with Crippen molar-refractivity contribution < 1.29 is 4.42 Å². The number of furan rings is 1. The van der Waals surface area contributed by atoms with E-state index in [9.17, 15) is 0 Å². The maximum Gasteiger partial charge on any atom is 0.183 e. The number of unbranched alkanes of at least 4 members (excludes halogenated alkanes) is 3. The number of aryl methyl sites for hydroxylation is 2. The fourth-order valence-electron chi connectivity index (χ4n) is 7.98. The van der Waals surface area contributed by atoms with Gasteiger partial charge in [0, 0.05) is 42.6 Å². The number of fused-ring (bicyclic) bond motifs is 4. The molecule has 0 radical (unpaired) electrons. The fourth-order valence-corrected chi connectivity index (χ4v) is 7.98. The summed E-state index contributed by atoms with van der Waals surface area (Å²) in [4.78, 5) is 51.9. The van der Waals surface area contributed by atoms with Gasteiger partial charge >= 0.3 is 0 Å². The number of hydrogen-bond acceptors (Lipinski definition) is 14. The van der Waals surface area contributed by atoms with E-state index in [1.807, 2.05) is 37.3 Å². The largest absolute Gasteiger partial charge is 0.467 e. The number of nitrogens with zero attached hydrogens (tertiary/aromatic N) is 9. The number of anilines is 4. The smallest absolute Gasteiger partial charge is 0.183 e. The predicted octanol–water partition coefficient (Wildman–Crippen LogP) is 11.9. The monoisotopic (exact) mass is 958 g/mol. The van der Waals surface area contributed by atoms with E-state index in [2.05, 4.69) is 144 Å². The summed E-state index contributed by atoms with van der Waals surface area (Å²) in [5.74, 6) is 6.00. The predicted molar refractivity (Wildman–Crippen MR) is 286 cm³/mol. The van der Waals surface area contributed by atoms with Crippen LogP contribution in [0, 0.1) is 6.92 Å². The van der Waals surface area contributed by atoms with Gasteiger partial charge in [-0.3, -0.25) is 0 Å². The van der Waals surface area contributed by atoms with Gasteiger partial charge in [0.05, 0.1) is 29.0 Å². The molecule has 1 saturated carbocycles. The van der Waals surface area contributed by atoms with Crippen LogP contribution >= 0.6 is 0 Å². The van der Waals surface area contributed by atoms with Crippen molar-refractivity contribution in [3.63, 3.8) is 0 Å². The van der Waals surface area contributed by atoms with Crippen LogP contribution in [0.3, 0.4) is 0 Å². The molecule has 71 heavy (non-hydrogen) atoms. The Morgan fingerprint density at radius 3 is 1.73 bits per heavy atom. The molecule has 0 amide bonds. The highest BCUT2D eigenvalue weighted by molar-refractivity contribution is 5.92. The Hall–Kier alpha value is -7.89. The summed E-state index contributed by atoms with van der Waals surface area (Å²) in [5, 5.41) is 16.5. The van der Waals surface area contributed by atoms with Crippen LogP contribution in [0.25, 0.3) is 55.5 Å². The summed E-state index contributed by atoms with van der Waals surface area (Å²) >= 11 is 0. The normalized spacial score (nSPS) is 12.1. The molecule has 18 nitrogen and oxygen atoms in total. The Labute approximate surface area is 414 Å². The molecular weight excluding hydrogens is 891 g/mol. The second kappa shape index (κ2) is 25.1. The first-order chi connectivity index (χ1) is 34.9. The average Bonchev–Trinajstić information content (AvgIpc) is 4.25. The number of nitrogens with one attached hydrogen (secondary N) is 8. The van der Waals surface area contributed by atoms with E-state index in [-0.39, 0.29) is 0 Å². The molecule has 9 aromatic heterocycles. The number of benzene rings is 1. The zero-order chi connectivity index (χ0) is 49.2. The number of H-pyrrole nitrogens is 4. The minimum atomic E-state index is 0.558. The van der Waals surface area contributed by atoms with Crippen molar-refractivity contribution in [2.75, 3.05) is 40.9 Å². The van der Waals surface area contributed by atoms with Crippen LogP contribution in [0.4, 0.5) is 23.3 Å². The molecule has 1 aliphatic carbocycles. The van der Waals surface area contributed by atoms with E-state index < -0.39 is 0 Å². The highest BCUT2D eigenvalue weighted by atomic mass is 16.3. The van der Waals surface area contributed by atoms with Crippen molar-refractivity contribution in [3.8, 4) is 11.3 Å². The standard InChI is InChI=1S/C16H18N4.C14H15N5O.C12H18N4.C11H16N4/c1-2-3-9-17-15-13-10-14(12-7-5-4-6-8-12)20-16(13)19-11-18-15;1-3-9(4-1)12-18-11-13(16-8-17-14(11)19-12)15-7-10-5-2-6-20-10;1-3-5-6-13-11-10-7-9(4-2)16-12(10)15-8-14-11;1-3-4-5-12-10-9-6-8(2)15-11(9)14-7-13-10/h4-8,10-11H,2-3,9H2,1H3,(H2,17,18,19,20);2,5-6,8-9H,1,3-4,7H2,(H2,15,16,17,18,19);7-8H,3-6H2,1-2H3,(H2,13,14,15,16);6-7H,3-5H2,1-2H3,(H2,12,13,14,15). The molecular formula is C53H67N17O. The van der Waals surface area contributed by atoms with Gasteiger partial charge in [0.15, 0.2) is 11.5 Å². The molecule has 0 bridgehead atoms. The maximum atomic E-state index is 5.31. The number of aromatic amines is 4. The molecule has 0 unspecified atom stereocenters. The Morgan fingerprint density at radius 2 is 1.15 bits per heavy atom. The van der Waals surface area contributed by atoms with Gasteiger partial charge in [-0.25, -0.2) is 44.9 Å². The SMILES string of the molecule is CCCCNc1ncnc2[nH]c(-c3ccccc3)cc12.CCCCNc1ncnc2[nH]c(C)cc12.CCCCNc1ncnc2[nH]c(CC)cc12.c1coc(CNc2ncnc3nc(C4CCC4)[nH]c23)c1. The molecule has 10 aromatic rings. The first kappa shape index (κ1) is 49.5. The Kier molecular flexibility index (Phi) is 17.5. The van der Waals surface area contributed by atoms with Gasteiger partial charge in [-0.1, -0.05) is 83.7 Å². The number of imidazole rings is 1. The van der Waals surface area contributed by atoms with Gasteiger partial charge in [0.25, 0.3) is 0 Å². The molecule has 11 rings (SSSR count). The molecule has 0 atom stereocenters. The Morgan fingerprint density at radius 1 is 0.577 bits per heavy atom. The van der Waals surface area contributed by atoms with Crippen molar-refractivity contribution in [1.29, 1.82) is 0 Å². The molecule has 0 spiro atoms. The number of rotatable bonds is 18. The van der Waals surface area contributed by atoms with Gasteiger partial charge in [0.1, 0.15) is 76.8 Å². The topological polar surface area (TPSA) is 240 Å². The molecule has 9 heterocycles. The van der Waals surface area contributed by atoms with E-state index in [1.165, 1.54) is 50.5 Å². The van der Waals surface area contributed by atoms with E-state index in [1.54, 1.807) is 25.2 Å². The first-order valence-corrected chi connectivity index (χ1v) is 25.1. The van der Waals surface area contributed by atoms with Crippen LogP contribution in [0.1, 0.15) is 114 Å². The van der Waals surface area contributed by atoms with Gasteiger partial charge in [0.2, 0.25) is 0 Å². The minimum absolute atomic E-state index is 0.558. The highest BCUT2D eigenvalue weighted by Gasteiger charge is 2.24. The first-order valence-electron chi connectivity index (χ1n) is 25.1. The lowest BCUT2D eigenvalue weighted by molar-refractivity contribution is 0.404. The molecule has 1 aromatic carbocycles. The second-order valence-corrected chi connectivity index (χ2v) is 17.5. The van der Waals surface area contributed by atoms with Crippen LogP contribution in [0.2, 0.25) is 0 Å². The number of aromatic nitrogens is 13. The lowest BCUT2D eigenvalue weighted by Crippen LogP contribution is -2.10. The maximum absolute atomic E-state index is 5.31. The molecule has 0 aliphatic heterocycles. The summed E-state index contributed by atoms with van der Waals surface area (Å²) in [5.41, 5.74) is 8.85. The van der Waals surface area contributed by atoms with Crippen LogP contribution in [0.5, 0.6) is 0 Å². The molecule has 0 saturated heterocycles. The Bertz CT molecular complexity index is 3150. The van der Waals surface area contributed by atoms with Gasteiger partial charge in [-0.15, -0.1) is 0 Å². The van der Waals surface area contributed by atoms with Crippen LogP contribution in [-0.4, -0.2) is 84.4 Å². The molecule has 370 valence electrons. The quantitative estimate of drug-likeness (QED) is 0.0373. The van der Waals surface area contributed by atoms with Crippen LogP contribution in [0.15, 0.2) is 96.7 Å². The summed E-state index contributed by atoms with van der Waals surface area (Å²) in [6.45, 7) is 14.2. The molecule has 1 aliphatic rings. The second-order valence-electron chi connectivity index (χ2n) is 17.5. The molecule has 8 N–H and O–H groups in total. The fraction of sp³-hybridized carbons (Fsp3) is 0.377. The van der Waals surface area contributed by atoms with Crippen molar-refractivity contribution in [3.05, 3.63) is 115 Å². The third-order valence-electron chi connectivity index (χ3n) is 12.2. The van der Waals surface area contributed by atoms with Gasteiger partial charge in [-0.05, 0) is 81.3 Å². The summed E-state index contributed by atoms with van der Waals surface area (Å²) in [6, 6.07) is 20.4. The minimum Gasteiger partial charge on any atom is -0.467 e. The van der Waals surface area contributed by atoms with E-state index in [4.69, 9.17) is 4.42 Å². The highest BCUT2D eigenvalue weighted by Crippen LogP contribution is 2.36. The lowest BCUT2D eigenvalue weighted by Gasteiger charge is -2.22. The third-order valence-corrected chi connectivity index (χ3v) is 12.2. The molecule has 1 fully saturated rings. The van der Waals surface area contributed by atoms with Gasteiger partial charge < -0.3 is 45.6 Å². The van der Waals surface area contributed by atoms with E-state index in [0.717, 1.165) is 141 Å². The van der Waals surface area contributed by atoms with Gasteiger partial charge in [-0.2, -0.15) is 0 Å². The third kappa shape index (κ3) is 13.1. The summed E-state index contributed by atoms with van der Waals surface area (Å²) in [7, 11) is 0.